The van der Waals surface area contributed by atoms with E-state index in [1.807, 2.05) is 6.92 Å². The number of β-amino-alcohol motifs (C(OH)–C–C–N with tert-alkyl or cyclic N) is 1. The minimum atomic E-state index is -0.557. The Morgan fingerprint density at radius 1 is 1.44 bits per heavy atom. The van der Waals surface area contributed by atoms with Crippen molar-refractivity contribution in [2.24, 2.45) is 0 Å². The topological polar surface area (TPSA) is 36.4 Å². The van der Waals surface area contributed by atoms with Crippen molar-refractivity contribution in [3.05, 3.63) is 15.6 Å². The van der Waals surface area contributed by atoms with Crippen LogP contribution in [0.2, 0.25) is 0 Å². The fourth-order valence-corrected chi connectivity index (χ4v) is 4.22. The summed E-state index contributed by atoms with van der Waals surface area (Å²) in [5.74, 6) is 0. The van der Waals surface area contributed by atoms with Crippen LogP contribution in [-0.2, 0) is 6.42 Å². The Balaban J connectivity index is 1.71. The summed E-state index contributed by atoms with van der Waals surface area (Å²) < 4.78 is 0. The predicted octanol–water partition coefficient (Wildman–Crippen LogP) is 2.29. The van der Waals surface area contributed by atoms with Crippen LogP contribution in [0.25, 0.3) is 0 Å². The monoisotopic (exact) mass is 266 g/mol. The average molecular weight is 266 g/mol. The van der Waals surface area contributed by atoms with E-state index < -0.39 is 5.60 Å². The molecule has 2 unspecified atom stereocenters. The number of likely N-dealkylation sites (tertiary alicyclic amines) is 1. The van der Waals surface area contributed by atoms with E-state index in [2.05, 4.69) is 23.7 Å². The lowest BCUT2D eigenvalue weighted by Gasteiger charge is -2.22. The number of hydrogen-bond acceptors (Lipinski definition) is 4. The molecule has 3 rings (SSSR count). The summed E-state index contributed by atoms with van der Waals surface area (Å²) in [4.78, 5) is 8.34. The van der Waals surface area contributed by atoms with Gasteiger partial charge in [0.15, 0.2) is 0 Å². The summed E-state index contributed by atoms with van der Waals surface area (Å²) in [6.45, 7) is 7.23. The molecule has 0 amide bonds. The van der Waals surface area contributed by atoms with E-state index in [1.165, 1.54) is 17.7 Å². The van der Waals surface area contributed by atoms with Crippen molar-refractivity contribution < 1.29 is 5.11 Å². The molecule has 1 saturated heterocycles. The molecule has 2 heterocycles. The minimum Gasteiger partial charge on any atom is -0.388 e. The van der Waals surface area contributed by atoms with Crippen molar-refractivity contribution in [3.63, 3.8) is 0 Å². The zero-order valence-electron chi connectivity index (χ0n) is 11.4. The third kappa shape index (κ3) is 2.33. The first-order chi connectivity index (χ1) is 8.47. The molecule has 0 aromatic carbocycles. The zero-order valence-corrected chi connectivity index (χ0v) is 12.3. The molecule has 0 radical (unpaired) electrons. The van der Waals surface area contributed by atoms with Gasteiger partial charge in [-0.2, -0.15) is 0 Å². The van der Waals surface area contributed by atoms with Crippen molar-refractivity contribution in [2.45, 2.75) is 64.1 Å². The molecule has 1 saturated carbocycles. The van der Waals surface area contributed by atoms with Crippen LogP contribution in [-0.4, -0.2) is 39.2 Å². The number of hydrogen-bond donors (Lipinski definition) is 1. The lowest BCUT2D eigenvalue weighted by molar-refractivity contribution is 0.0486. The highest BCUT2D eigenvalue weighted by Gasteiger charge is 2.46. The smallest absolute Gasteiger partial charge is 0.0960 e. The molecular weight excluding hydrogens is 244 g/mol. The maximum absolute atomic E-state index is 10.8. The first kappa shape index (κ1) is 12.6. The van der Waals surface area contributed by atoms with Gasteiger partial charge in [-0.25, -0.2) is 4.98 Å². The van der Waals surface area contributed by atoms with Crippen LogP contribution in [0.3, 0.4) is 0 Å². The van der Waals surface area contributed by atoms with Gasteiger partial charge in [-0.15, -0.1) is 11.3 Å². The Bertz CT molecular complexity index is 435. The molecule has 1 N–H and O–H groups in total. The zero-order chi connectivity index (χ0) is 12.9. The summed E-state index contributed by atoms with van der Waals surface area (Å²) in [5, 5.41) is 11.9. The summed E-state index contributed by atoms with van der Waals surface area (Å²) in [7, 11) is 0. The standard InChI is InChI=1S/C14H22N2OS/c1-9-6-14(17,8-16(9)12-4-5-12)7-13-15-10(2)11(3)18-13/h9,12,17H,4-8H2,1-3H3. The molecule has 1 aliphatic heterocycles. The Morgan fingerprint density at radius 3 is 2.72 bits per heavy atom. The molecule has 0 spiro atoms. The van der Waals surface area contributed by atoms with E-state index in [9.17, 15) is 5.11 Å². The van der Waals surface area contributed by atoms with Gasteiger partial charge in [0.2, 0.25) is 0 Å². The largest absolute Gasteiger partial charge is 0.388 e. The minimum absolute atomic E-state index is 0.518. The summed E-state index contributed by atoms with van der Waals surface area (Å²) in [5.41, 5.74) is 0.558. The van der Waals surface area contributed by atoms with Crippen LogP contribution < -0.4 is 0 Å². The highest BCUT2D eigenvalue weighted by atomic mass is 32.1. The van der Waals surface area contributed by atoms with Crippen LogP contribution in [0.4, 0.5) is 0 Å². The number of rotatable bonds is 3. The maximum Gasteiger partial charge on any atom is 0.0960 e. The van der Waals surface area contributed by atoms with Crippen molar-refractivity contribution in [1.29, 1.82) is 0 Å². The second-order valence-electron chi connectivity index (χ2n) is 6.11. The molecule has 0 bridgehead atoms. The first-order valence-electron chi connectivity index (χ1n) is 6.88. The second kappa shape index (κ2) is 4.29. The van der Waals surface area contributed by atoms with E-state index in [0.29, 0.717) is 6.04 Å². The van der Waals surface area contributed by atoms with Crippen LogP contribution in [0, 0.1) is 13.8 Å². The molecule has 100 valence electrons. The van der Waals surface area contributed by atoms with Gasteiger partial charge in [-0.3, -0.25) is 4.90 Å². The molecule has 1 aromatic heterocycles. The van der Waals surface area contributed by atoms with Gasteiger partial charge in [0, 0.05) is 29.9 Å². The molecule has 2 fully saturated rings. The van der Waals surface area contributed by atoms with Gasteiger partial charge >= 0.3 is 0 Å². The normalized spacial score (nSPS) is 33.2. The van der Waals surface area contributed by atoms with Crippen LogP contribution in [0.5, 0.6) is 0 Å². The Morgan fingerprint density at radius 2 is 2.17 bits per heavy atom. The Labute approximate surface area is 113 Å². The molecule has 4 heteroatoms. The number of aromatic nitrogens is 1. The molecule has 2 aliphatic rings. The van der Waals surface area contributed by atoms with Crippen molar-refractivity contribution in [2.75, 3.05) is 6.54 Å². The quantitative estimate of drug-likeness (QED) is 0.912. The Hall–Kier alpha value is -0.450. The van der Waals surface area contributed by atoms with Gasteiger partial charge in [-0.05, 0) is 40.0 Å². The predicted molar refractivity (Wildman–Crippen MR) is 74.0 cm³/mol. The first-order valence-corrected chi connectivity index (χ1v) is 7.69. The van der Waals surface area contributed by atoms with Crippen molar-refractivity contribution in [1.82, 2.24) is 9.88 Å². The summed E-state index contributed by atoms with van der Waals surface area (Å²) in [6, 6.07) is 1.26. The fraction of sp³-hybridized carbons (Fsp3) is 0.786. The molecular formula is C14H22N2OS. The van der Waals surface area contributed by atoms with Crippen LogP contribution in [0.15, 0.2) is 0 Å². The van der Waals surface area contributed by atoms with Gasteiger partial charge in [-0.1, -0.05) is 0 Å². The lowest BCUT2D eigenvalue weighted by Crippen LogP contribution is -2.36. The number of aliphatic hydroxyl groups is 1. The van der Waals surface area contributed by atoms with Gasteiger partial charge in [0.05, 0.1) is 16.3 Å². The third-order valence-corrected chi connectivity index (χ3v) is 5.36. The number of nitrogens with zero attached hydrogens (tertiary/aromatic N) is 2. The average Bonchev–Trinajstić information content (AvgIpc) is 2.99. The summed E-state index contributed by atoms with van der Waals surface area (Å²) in [6.07, 6.45) is 4.24. The third-order valence-electron chi connectivity index (χ3n) is 4.29. The van der Waals surface area contributed by atoms with Gasteiger partial charge in [0.25, 0.3) is 0 Å². The van der Waals surface area contributed by atoms with Crippen molar-refractivity contribution >= 4 is 11.3 Å². The summed E-state index contributed by atoms with van der Waals surface area (Å²) >= 11 is 1.74. The van der Waals surface area contributed by atoms with E-state index in [-0.39, 0.29) is 0 Å². The van der Waals surface area contributed by atoms with Crippen LogP contribution >= 0.6 is 11.3 Å². The molecule has 1 aliphatic carbocycles. The van der Waals surface area contributed by atoms with E-state index >= 15 is 0 Å². The molecule has 18 heavy (non-hydrogen) atoms. The van der Waals surface area contributed by atoms with E-state index in [0.717, 1.165) is 36.1 Å². The molecule has 2 atom stereocenters. The van der Waals surface area contributed by atoms with Gasteiger partial charge < -0.3 is 5.11 Å². The second-order valence-corrected chi connectivity index (χ2v) is 7.39. The number of thiazole rings is 1. The van der Waals surface area contributed by atoms with E-state index in [1.54, 1.807) is 11.3 Å². The number of aryl methyl sites for hydroxylation is 2. The highest BCUT2D eigenvalue weighted by Crippen LogP contribution is 2.38. The van der Waals surface area contributed by atoms with Crippen LogP contribution in [0.1, 0.15) is 41.8 Å². The fourth-order valence-electron chi connectivity index (χ4n) is 3.15. The maximum atomic E-state index is 10.8. The molecule has 1 aromatic rings. The highest BCUT2D eigenvalue weighted by molar-refractivity contribution is 7.11. The lowest BCUT2D eigenvalue weighted by atomic mass is 9.97. The van der Waals surface area contributed by atoms with Crippen molar-refractivity contribution in [3.8, 4) is 0 Å². The van der Waals surface area contributed by atoms with E-state index in [4.69, 9.17) is 0 Å². The SMILES string of the molecule is Cc1nc(CC2(O)CC(C)N(C3CC3)C2)sc1C. The van der Waals surface area contributed by atoms with Gasteiger partial charge in [0.1, 0.15) is 0 Å². The molecule has 3 nitrogen and oxygen atoms in total. The Kier molecular flexibility index (Phi) is 3.00.